The number of ether oxygens (including phenoxy) is 2. The second kappa shape index (κ2) is 55.0. The lowest BCUT2D eigenvalue weighted by Crippen LogP contribution is -2.37. The van der Waals surface area contributed by atoms with Crippen molar-refractivity contribution in [2.75, 3.05) is 47.5 Å². The van der Waals surface area contributed by atoms with Crippen LogP contribution in [0.15, 0.2) is 85.1 Å². The van der Waals surface area contributed by atoms with Gasteiger partial charge in [0.25, 0.3) is 0 Å². The van der Waals surface area contributed by atoms with Gasteiger partial charge in [-0.25, -0.2) is 4.57 Å². The molecule has 0 bridgehead atoms. The van der Waals surface area contributed by atoms with Gasteiger partial charge in [0.2, 0.25) is 0 Å². The van der Waals surface area contributed by atoms with Gasteiger partial charge in [-0.05, 0) is 70.6 Å². The van der Waals surface area contributed by atoms with E-state index in [9.17, 15) is 19.0 Å². The number of rotatable bonds is 55. The number of carbonyl (C=O) groups is 2. The number of hydrogen-bond donors (Lipinski definition) is 1. The average molecular weight is 1060 g/mol. The molecular formula is C64H115NO8P+. The minimum Gasteiger partial charge on any atom is -0.462 e. The smallest absolute Gasteiger partial charge is 0.462 e. The molecule has 9 nitrogen and oxygen atoms in total. The molecule has 2 atom stereocenters. The summed E-state index contributed by atoms with van der Waals surface area (Å²) in [6.45, 7) is 4.32. The molecule has 0 saturated heterocycles. The Morgan fingerprint density at radius 3 is 1.15 bits per heavy atom. The van der Waals surface area contributed by atoms with Crippen LogP contribution in [0.1, 0.15) is 258 Å². The van der Waals surface area contributed by atoms with Crippen molar-refractivity contribution in [1.29, 1.82) is 0 Å². The molecule has 0 amide bonds. The molecule has 0 aliphatic heterocycles. The van der Waals surface area contributed by atoms with Crippen LogP contribution in [0, 0.1) is 0 Å². The van der Waals surface area contributed by atoms with Crippen molar-refractivity contribution in [3.63, 3.8) is 0 Å². The Kier molecular flexibility index (Phi) is 52.9. The van der Waals surface area contributed by atoms with Gasteiger partial charge in [-0.3, -0.25) is 18.6 Å². The SMILES string of the molecule is CC/C=C\C/C=C\C/C=C\C/C=C\C/C=C\C/C=C\C/C=C\CCCCCCCCCCCCCCCCCCCC(=O)OC(COC(=O)CCCCCCCCCCCCC)COP(=O)(O)OCC[N+](C)(C)C. The molecule has 0 heterocycles. The summed E-state index contributed by atoms with van der Waals surface area (Å²) >= 11 is 0. The highest BCUT2D eigenvalue weighted by Gasteiger charge is 2.27. The standard InChI is InChI=1S/C64H114NO8P/c1-6-8-10-12-14-16-18-19-20-21-22-23-24-25-26-27-28-29-30-31-32-33-34-35-36-37-38-39-40-41-42-43-44-45-47-49-51-53-55-57-64(67)73-62(61-72-74(68,69)71-59-58-65(3,4)5)60-70-63(66)56-54-52-50-48-46-17-15-13-11-9-7-2/h8,10,14,16,19-20,22-23,25-26,28-29,31-32,62H,6-7,9,11-13,15,17-18,21,24,27,30,33-61H2,1-5H3/p+1/b10-8-,16-14-,20-19-,23-22-,26-25-,29-28-,32-31-. The fourth-order valence-electron chi connectivity index (χ4n) is 8.29. The van der Waals surface area contributed by atoms with Gasteiger partial charge in [0.1, 0.15) is 19.8 Å². The lowest BCUT2D eigenvalue weighted by Gasteiger charge is -2.24. The summed E-state index contributed by atoms with van der Waals surface area (Å²) in [5, 5.41) is 0. The van der Waals surface area contributed by atoms with Crippen molar-refractivity contribution in [2.45, 2.75) is 264 Å². The molecule has 74 heavy (non-hydrogen) atoms. The van der Waals surface area contributed by atoms with Crippen LogP contribution in [0.2, 0.25) is 0 Å². The molecule has 0 spiro atoms. The monoisotopic (exact) mass is 1060 g/mol. The Hall–Kier alpha value is -2.81. The second-order valence-electron chi connectivity index (χ2n) is 21.4. The maximum absolute atomic E-state index is 12.8. The van der Waals surface area contributed by atoms with Crippen LogP contribution >= 0.6 is 7.82 Å². The third kappa shape index (κ3) is 58.5. The predicted molar refractivity (Wildman–Crippen MR) is 316 cm³/mol. The predicted octanol–water partition coefficient (Wildman–Crippen LogP) is 19.0. The first-order chi connectivity index (χ1) is 36.0. The lowest BCUT2D eigenvalue weighted by atomic mass is 10.0. The van der Waals surface area contributed by atoms with Gasteiger partial charge in [0.05, 0.1) is 27.7 Å². The minimum absolute atomic E-state index is 0.0318. The molecule has 428 valence electrons. The molecular weight excluding hydrogens is 942 g/mol. The molecule has 0 aliphatic carbocycles. The molecule has 0 aromatic rings. The topological polar surface area (TPSA) is 108 Å². The third-order valence-corrected chi connectivity index (χ3v) is 13.9. The van der Waals surface area contributed by atoms with Gasteiger partial charge in [-0.1, -0.05) is 259 Å². The van der Waals surface area contributed by atoms with E-state index in [0.29, 0.717) is 23.9 Å². The minimum atomic E-state index is -4.38. The molecule has 0 radical (unpaired) electrons. The van der Waals surface area contributed by atoms with Gasteiger partial charge in [0.15, 0.2) is 6.10 Å². The van der Waals surface area contributed by atoms with E-state index in [-0.39, 0.29) is 25.6 Å². The fraction of sp³-hybridized carbons (Fsp3) is 0.750. The van der Waals surface area contributed by atoms with Gasteiger partial charge in [-0.15, -0.1) is 0 Å². The number of esters is 2. The Balaban J connectivity index is 3.94. The maximum Gasteiger partial charge on any atom is 0.472 e. The summed E-state index contributed by atoms with van der Waals surface area (Å²) in [6, 6.07) is 0. The highest BCUT2D eigenvalue weighted by Crippen LogP contribution is 2.43. The highest BCUT2D eigenvalue weighted by atomic mass is 31.2. The van der Waals surface area contributed by atoms with Crippen LogP contribution in [-0.2, 0) is 32.7 Å². The van der Waals surface area contributed by atoms with Gasteiger partial charge >= 0.3 is 19.8 Å². The maximum atomic E-state index is 12.8. The van der Waals surface area contributed by atoms with Gasteiger partial charge in [0, 0.05) is 12.8 Å². The van der Waals surface area contributed by atoms with Crippen LogP contribution in [0.25, 0.3) is 0 Å². The Bertz CT molecular complexity index is 1520. The molecule has 0 saturated carbocycles. The lowest BCUT2D eigenvalue weighted by molar-refractivity contribution is -0.870. The molecule has 0 fully saturated rings. The first kappa shape index (κ1) is 71.2. The van der Waals surface area contributed by atoms with Crippen LogP contribution in [0.4, 0.5) is 0 Å². The van der Waals surface area contributed by atoms with E-state index in [4.69, 9.17) is 18.5 Å². The normalized spacial score (nSPS) is 13.9. The third-order valence-electron chi connectivity index (χ3n) is 12.9. The van der Waals surface area contributed by atoms with E-state index in [1.165, 1.54) is 148 Å². The molecule has 0 aliphatic rings. The summed E-state index contributed by atoms with van der Waals surface area (Å²) in [5.41, 5.74) is 0. The number of unbranched alkanes of at least 4 members (excludes halogenated alkanes) is 27. The molecule has 0 aromatic heterocycles. The molecule has 10 heteroatoms. The number of nitrogens with zero attached hydrogens (tertiary/aromatic N) is 1. The van der Waals surface area contributed by atoms with Crippen molar-refractivity contribution >= 4 is 19.8 Å². The van der Waals surface area contributed by atoms with E-state index in [1.54, 1.807) is 0 Å². The van der Waals surface area contributed by atoms with Crippen LogP contribution in [0.5, 0.6) is 0 Å². The number of quaternary nitrogens is 1. The average Bonchev–Trinajstić information content (AvgIpc) is 3.36. The second-order valence-corrected chi connectivity index (χ2v) is 22.8. The van der Waals surface area contributed by atoms with Crippen LogP contribution < -0.4 is 0 Å². The Morgan fingerprint density at radius 2 is 0.770 bits per heavy atom. The summed E-state index contributed by atoms with van der Waals surface area (Å²) in [6.07, 6.45) is 73.9. The zero-order valence-corrected chi connectivity index (χ0v) is 49.5. The van der Waals surface area contributed by atoms with Gasteiger partial charge < -0.3 is 18.9 Å². The quantitative estimate of drug-likeness (QED) is 0.0211. The van der Waals surface area contributed by atoms with Gasteiger partial charge in [-0.2, -0.15) is 0 Å². The van der Waals surface area contributed by atoms with E-state index in [2.05, 4.69) is 98.9 Å². The van der Waals surface area contributed by atoms with Crippen molar-refractivity contribution in [3.05, 3.63) is 85.1 Å². The Labute approximate surface area is 456 Å². The van der Waals surface area contributed by atoms with Crippen molar-refractivity contribution < 1.29 is 42.1 Å². The van der Waals surface area contributed by atoms with E-state index >= 15 is 0 Å². The van der Waals surface area contributed by atoms with Crippen molar-refractivity contribution in [1.82, 2.24) is 0 Å². The molecule has 1 N–H and O–H groups in total. The number of likely N-dealkylation sites (N-methyl/N-ethyl adjacent to an activating group) is 1. The van der Waals surface area contributed by atoms with Crippen molar-refractivity contribution in [3.8, 4) is 0 Å². The number of phosphoric ester groups is 1. The summed E-state index contributed by atoms with van der Waals surface area (Å²) in [5.74, 6) is -0.792. The number of hydrogen-bond acceptors (Lipinski definition) is 7. The van der Waals surface area contributed by atoms with E-state index < -0.39 is 26.5 Å². The molecule has 0 rings (SSSR count). The number of phosphoric acid groups is 1. The Morgan fingerprint density at radius 1 is 0.432 bits per heavy atom. The summed E-state index contributed by atoms with van der Waals surface area (Å²) in [7, 11) is 1.48. The van der Waals surface area contributed by atoms with Crippen molar-refractivity contribution in [2.24, 2.45) is 0 Å². The summed E-state index contributed by atoms with van der Waals surface area (Å²) < 4.78 is 34.5. The summed E-state index contributed by atoms with van der Waals surface area (Å²) in [4.78, 5) is 35.6. The first-order valence-corrected chi connectivity index (χ1v) is 31.8. The largest absolute Gasteiger partial charge is 0.472 e. The van der Waals surface area contributed by atoms with E-state index in [0.717, 1.165) is 77.0 Å². The zero-order chi connectivity index (χ0) is 54.2. The first-order valence-electron chi connectivity index (χ1n) is 30.3. The number of carbonyl (C=O) groups excluding carboxylic acids is 2. The van der Waals surface area contributed by atoms with Crippen LogP contribution in [0.3, 0.4) is 0 Å². The van der Waals surface area contributed by atoms with Crippen LogP contribution in [-0.4, -0.2) is 74.9 Å². The zero-order valence-electron chi connectivity index (χ0n) is 48.6. The molecule has 2 unspecified atom stereocenters. The van der Waals surface area contributed by atoms with E-state index in [1.807, 2.05) is 21.1 Å². The fourth-order valence-corrected chi connectivity index (χ4v) is 9.03. The highest BCUT2D eigenvalue weighted by molar-refractivity contribution is 7.47. The number of allylic oxidation sites excluding steroid dienone is 14. The molecule has 0 aromatic carbocycles.